The zero-order chi connectivity index (χ0) is 15.0. The fraction of sp³-hybridized carbons (Fsp3) is 0.667. The van der Waals surface area contributed by atoms with Crippen LogP contribution in [0.2, 0.25) is 0 Å². The fourth-order valence-electron chi connectivity index (χ4n) is 2.17. The number of nitrogens with one attached hydrogen (secondary N) is 1. The summed E-state index contributed by atoms with van der Waals surface area (Å²) >= 11 is 1.73. The Morgan fingerprint density at radius 1 is 1.50 bits per heavy atom. The Bertz CT molecular complexity index is 419. The second kappa shape index (κ2) is 8.37. The van der Waals surface area contributed by atoms with Crippen molar-refractivity contribution in [3.05, 3.63) is 18.1 Å². The van der Waals surface area contributed by atoms with Crippen molar-refractivity contribution in [3.8, 4) is 0 Å². The van der Waals surface area contributed by atoms with Crippen LogP contribution in [-0.2, 0) is 4.79 Å². The van der Waals surface area contributed by atoms with Gasteiger partial charge in [0, 0.05) is 4.90 Å². The molecule has 1 aromatic rings. The van der Waals surface area contributed by atoms with Gasteiger partial charge in [0.2, 0.25) is 0 Å². The van der Waals surface area contributed by atoms with Gasteiger partial charge in [-0.25, -0.2) is 0 Å². The molecule has 0 aliphatic heterocycles. The zero-order valence-corrected chi connectivity index (χ0v) is 13.4. The van der Waals surface area contributed by atoms with Crippen molar-refractivity contribution >= 4 is 17.7 Å². The molecule has 0 spiro atoms. The minimum absolute atomic E-state index is 0.609. The van der Waals surface area contributed by atoms with E-state index in [1.54, 1.807) is 18.0 Å². The first-order chi connectivity index (χ1) is 9.55. The van der Waals surface area contributed by atoms with Crippen LogP contribution >= 0.6 is 11.8 Å². The average molecular weight is 299 g/mol. The summed E-state index contributed by atoms with van der Waals surface area (Å²) < 4.78 is 5.25. The topological polar surface area (TPSA) is 62.5 Å². The molecule has 114 valence electrons. The lowest BCUT2D eigenvalue weighted by Crippen LogP contribution is -2.52. The summed E-state index contributed by atoms with van der Waals surface area (Å²) in [4.78, 5) is 12.7. The van der Waals surface area contributed by atoms with E-state index in [0.717, 1.165) is 35.8 Å². The first-order valence-corrected chi connectivity index (χ1v) is 8.19. The van der Waals surface area contributed by atoms with Crippen molar-refractivity contribution in [1.29, 1.82) is 0 Å². The third-order valence-corrected chi connectivity index (χ3v) is 4.77. The maximum atomic E-state index is 11.6. The average Bonchev–Trinajstić information content (AvgIpc) is 2.83. The van der Waals surface area contributed by atoms with Crippen molar-refractivity contribution in [3.63, 3.8) is 0 Å². The number of carboxylic acids is 1. The van der Waals surface area contributed by atoms with Gasteiger partial charge in [-0.3, -0.25) is 4.79 Å². The van der Waals surface area contributed by atoms with Crippen molar-refractivity contribution in [2.45, 2.75) is 56.9 Å². The molecule has 20 heavy (non-hydrogen) atoms. The zero-order valence-electron chi connectivity index (χ0n) is 12.6. The van der Waals surface area contributed by atoms with Gasteiger partial charge in [-0.05, 0) is 51.0 Å². The van der Waals surface area contributed by atoms with Crippen LogP contribution in [0.4, 0.5) is 0 Å². The van der Waals surface area contributed by atoms with E-state index in [0.29, 0.717) is 12.8 Å². The molecule has 1 atom stereocenters. The normalized spacial score (nSPS) is 14.2. The highest BCUT2D eigenvalue weighted by Gasteiger charge is 2.35. The van der Waals surface area contributed by atoms with E-state index in [1.807, 2.05) is 26.8 Å². The Morgan fingerprint density at radius 2 is 2.25 bits per heavy atom. The lowest BCUT2D eigenvalue weighted by atomic mass is 9.90. The lowest BCUT2D eigenvalue weighted by molar-refractivity contribution is -0.145. The van der Waals surface area contributed by atoms with Crippen molar-refractivity contribution in [2.24, 2.45) is 0 Å². The summed E-state index contributed by atoms with van der Waals surface area (Å²) in [5.41, 5.74) is -0.776. The molecule has 2 N–H and O–H groups in total. The molecule has 5 heteroatoms. The number of carbonyl (C=O) groups is 1. The van der Waals surface area contributed by atoms with Gasteiger partial charge in [0.1, 0.15) is 11.3 Å². The molecule has 1 unspecified atom stereocenters. The van der Waals surface area contributed by atoms with Crippen LogP contribution in [0.1, 0.15) is 45.3 Å². The van der Waals surface area contributed by atoms with E-state index < -0.39 is 11.5 Å². The molecule has 0 amide bonds. The van der Waals surface area contributed by atoms with Crippen molar-refractivity contribution in [2.75, 3.05) is 12.3 Å². The fourth-order valence-corrected chi connectivity index (χ4v) is 3.08. The van der Waals surface area contributed by atoms with Crippen LogP contribution in [0.15, 0.2) is 21.6 Å². The highest BCUT2D eigenvalue weighted by Crippen LogP contribution is 2.26. The van der Waals surface area contributed by atoms with Crippen LogP contribution in [-0.4, -0.2) is 28.9 Å². The molecule has 1 heterocycles. The second-order valence-corrected chi connectivity index (χ2v) is 6.10. The smallest absolute Gasteiger partial charge is 0.323 e. The van der Waals surface area contributed by atoms with Gasteiger partial charge in [-0.1, -0.05) is 13.8 Å². The highest BCUT2D eigenvalue weighted by molar-refractivity contribution is 7.99. The predicted octanol–water partition coefficient (Wildman–Crippen LogP) is 3.69. The second-order valence-electron chi connectivity index (χ2n) is 4.96. The molecule has 0 saturated carbocycles. The molecule has 0 bridgehead atoms. The van der Waals surface area contributed by atoms with E-state index >= 15 is 0 Å². The van der Waals surface area contributed by atoms with Gasteiger partial charge in [-0.15, -0.1) is 11.8 Å². The van der Waals surface area contributed by atoms with Crippen LogP contribution in [0, 0.1) is 6.92 Å². The first kappa shape index (κ1) is 17.1. The molecule has 0 saturated heterocycles. The van der Waals surface area contributed by atoms with Gasteiger partial charge in [0.05, 0.1) is 6.26 Å². The van der Waals surface area contributed by atoms with Crippen LogP contribution in [0.5, 0.6) is 0 Å². The molecule has 0 aromatic carbocycles. The largest absolute Gasteiger partial charge is 0.480 e. The Kier molecular flexibility index (Phi) is 7.16. The molecule has 4 nitrogen and oxygen atoms in total. The number of thioether (sulfide) groups is 1. The number of hydrogen-bond acceptors (Lipinski definition) is 4. The molecular weight excluding hydrogens is 274 g/mol. The van der Waals surface area contributed by atoms with Gasteiger partial charge in [-0.2, -0.15) is 0 Å². The van der Waals surface area contributed by atoms with Crippen molar-refractivity contribution < 1.29 is 14.3 Å². The van der Waals surface area contributed by atoms with Crippen LogP contribution in [0.25, 0.3) is 0 Å². The molecule has 0 aliphatic rings. The number of carboxylic acid groups (broad SMARTS) is 1. The summed E-state index contributed by atoms with van der Waals surface area (Å²) in [5, 5.41) is 12.7. The van der Waals surface area contributed by atoms with E-state index in [4.69, 9.17) is 4.42 Å². The van der Waals surface area contributed by atoms with Crippen LogP contribution in [0.3, 0.4) is 0 Å². The number of aliphatic carboxylic acids is 1. The number of furan rings is 1. The van der Waals surface area contributed by atoms with E-state index in [-0.39, 0.29) is 0 Å². The maximum Gasteiger partial charge on any atom is 0.323 e. The molecule has 0 fully saturated rings. The van der Waals surface area contributed by atoms with Gasteiger partial charge < -0.3 is 14.8 Å². The molecule has 1 rings (SSSR count). The highest BCUT2D eigenvalue weighted by atomic mass is 32.2. The maximum absolute atomic E-state index is 11.6. The first-order valence-electron chi connectivity index (χ1n) is 7.21. The summed E-state index contributed by atoms with van der Waals surface area (Å²) in [7, 11) is 0. The van der Waals surface area contributed by atoms with Gasteiger partial charge in [0.15, 0.2) is 0 Å². The minimum atomic E-state index is -0.776. The van der Waals surface area contributed by atoms with E-state index in [1.165, 1.54) is 0 Å². The summed E-state index contributed by atoms with van der Waals surface area (Å²) in [6.45, 7) is 6.67. The number of hydrogen-bond donors (Lipinski definition) is 2. The predicted molar refractivity (Wildman–Crippen MR) is 82.4 cm³/mol. The number of rotatable bonds is 10. The summed E-state index contributed by atoms with van der Waals surface area (Å²) in [6.07, 6.45) is 4.76. The van der Waals surface area contributed by atoms with Gasteiger partial charge in [0.25, 0.3) is 0 Å². The monoisotopic (exact) mass is 299 g/mol. The Hall–Kier alpha value is -0.940. The molecular formula is C15H25NO3S. The lowest BCUT2D eigenvalue weighted by Gasteiger charge is -2.29. The molecule has 0 aliphatic carbocycles. The quantitative estimate of drug-likeness (QED) is 0.509. The summed E-state index contributed by atoms with van der Waals surface area (Å²) in [6, 6.07) is 1.96. The Labute approximate surface area is 125 Å². The standard InChI is InChI=1S/C15H25NO3S/c1-4-9-16-15(5-2,14(17)18)8-6-11-20-13-7-10-19-12(13)3/h7,10,16H,4-6,8-9,11H2,1-3H3,(H,17,18). The van der Waals surface area contributed by atoms with Crippen molar-refractivity contribution in [1.82, 2.24) is 5.32 Å². The molecule has 1 aromatic heterocycles. The SMILES string of the molecule is CCCNC(CC)(CCCSc1ccoc1C)C(=O)O. The van der Waals surface area contributed by atoms with Gasteiger partial charge >= 0.3 is 5.97 Å². The molecule has 0 radical (unpaired) electrons. The Balaban J connectivity index is 2.46. The van der Waals surface area contributed by atoms with Crippen LogP contribution < -0.4 is 5.32 Å². The summed E-state index contributed by atoms with van der Waals surface area (Å²) in [5.74, 6) is 1.10. The third kappa shape index (κ3) is 4.56. The number of aryl methyl sites for hydroxylation is 1. The third-order valence-electron chi connectivity index (χ3n) is 3.54. The van der Waals surface area contributed by atoms with E-state index in [2.05, 4.69) is 5.32 Å². The minimum Gasteiger partial charge on any atom is -0.480 e. The Morgan fingerprint density at radius 3 is 2.75 bits per heavy atom. The van der Waals surface area contributed by atoms with E-state index in [9.17, 15) is 9.90 Å².